The van der Waals surface area contributed by atoms with Crippen molar-refractivity contribution in [3.8, 4) is 0 Å². The van der Waals surface area contributed by atoms with Crippen LogP contribution in [0.2, 0.25) is 0 Å². The number of carbonyl (C=O) groups is 2. The maximum absolute atomic E-state index is 12.3. The Morgan fingerprint density at radius 2 is 1.73 bits per heavy atom. The number of amides is 2. The molecular formula is C18H28N2O2. The number of hydrogen-bond acceptors (Lipinski definition) is 2. The molecule has 4 nitrogen and oxygen atoms in total. The third-order valence-corrected chi connectivity index (χ3v) is 3.33. The molecule has 0 spiro atoms. The Morgan fingerprint density at radius 1 is 1.14 bits per heavy atom. The van der Waals surface area contributed by atoms with Crippen molar-refractivity contribution in [2.75, 3.05) is 13.1 Å². The van der Waals surface area contributed by atoms with E-state index >= 15 is 0 Å². The summed E-state index contributed by atoms with van der Waals surface area (Å²) >= 11 is 0. The highest BCUT2D eigenvalue weighted by atomic mass is 16.2. The van der Waals surface area contributed by atoms with Crippen LogP contribution in [-0.2, 0) is 16.0 Å². The van der Waals surface area contributed by atoms with Gasteiger partial charge in [0.25, 0.3) is 0 Å². The summed E-state index contributed by atoms with van der Waals surface area (Å²) in [6, 6.07) is 8.19. The van der Waals surface area contributed by atoms with Gasteiger partial charge in [0.1, 0.15) is 0 Å². The molecule has 0 saturated carbocycles. The van der Waals surface area contributed by atoms with Crippen molar-refractivity contribution in [1.82, 2.24) is 10.2 Å². The van der Waals surface area contributed by atoms with Gasteiger partial charge in [0, 0.05) is 18.5 Å². The normalized spacial score (nSPS) is 11.1. The third-order valence-electron chi connectivity index (χ3n) is 3.33. The van der Waals surface area contributed by atoms with Gasteiger partial charge in [0.15, 0.2) is 0 Å². The van der Waals surface area contributed by atoms with Crippen molar-refractivity contribution < 1.29 is 9.59 Å². The molecule has 0 heterocycles. The van der Waals surface area contributed by atoms with Crippen LogP contribution in [0.1, 0.15) is 45.2 Å². The van der Waals surface area contributed by atoms with E-state index in [9.17, 15) is 9.59 Å². The molecule has 1 rings (SSSR count). The molecule has 2 amide bonds. The Morgan fingerprint density at radius 3 is 2.23 bits per heavy atom. The third kappa shape index (κ3) is 6.74. The fraction of sp³-hybridized carbons (Fsp3) is 0.556. The van der Waals surface area contributed by atoms with Crippen LogP contribution >= 0.6 is 0 Å². The Kier molecular flexibility index (Phi) is 6.60. The number of carbonyl (C=O) groups excluding carboxylic acids is 2. The van der Waals surface area contributed by atoms with E-state index in [2.05, 4.69) is 5.32 Å². The van der Waals surface area contributed by atoms with Gasteiger partial charge >= 0.3 is 0 Å². The van der Waals surface area contributed by atoms with Crippen molar-refractivity contribution >= 4 is 11.8 Å². The molecule has 0 radical (unpaired) electrons. The molecule has 0 aromatic heterocycles. The molecule has 122 valence electrons. The molecule has 0 bridgehead atoms. The van der Waals surface area contributed by atoms with Crippen LogP contribution in [0, 0.1) is 6.92 Å². The van der Waals surface area contributed by atoms with Crippen LogP contribution in [-0.4, -0.2) is 35.3 Å². The van der Waals surface area contributed by atoms with Gasteiger partial charge in [0.2, 0.25) is 11.8 Å². The summed E-state index contributed by atoms with van der Waals surface area (Å²) in [6.45, 7) is 10.4. The number of hydrogen-bond donors (Lipinski definition) is 1. The highest BCUT2D eigenvalue weighted by Gasteiger charge is 2.19. The van der Waals surface area contributed by atoms with Crippen molar-refractivity contribution in [2.45, 2.75) is 53.0 Å². The Bertz CT molecular complexity index is 501. The topological polar surface area (TPSA) is 49.4 Å². The molecule has 0 unspecified atom stereocenters. The van der Waals surface area contributed by atoms with Gasteiger partial charge in [0.05, 0.1) is 6.54 Å². The smallest absolute Gasteiger partial charge is 0.240 e. The van der Waals surface area contributed by atoms with Gasteiger partial charge < -0.3 is 10.2 Å². The van der Waals surface area contributed by atoms with E-state index in [4.69, 9.17) is 0 Å². The minimum absolute atomic E-state index is 0.0205. The lowest BCUT2D eigenvalue weighted by Crippen LogP contribution is -2.47. The lowest BCUT2D eigenvalue weighted by Gasteiger charge is -2.25. The largest absolute Gasteiger partial charge is 0.350 e. The second-order valence-corrected chi connectivity index (χ2v) is 6.69. The number of benzene rings is 1. The predicted octanol–water partition coefficient (Wildman–Crippen LogP) is 2.69. The number of nitrogens with zero attached hydrogens (tertiary/aromatic N) is 1. The van der Waals surface area contributed by atoms with Gasteiger partial charge in [-0.2, -0.15) is 0 Å². The van der Waals surface area contributed by atoms with E-state index in [1.807, 2.05) is 58.9 Å². The second-order valence-electron chi connectivity index (χ2n) is 6.69. The van der Waals surface area contributed by atoms with Crippen molar-refractivity contribution in [1.29, 1.82) is 0 Å². The average Bonchev–Trinajstić information content (AvgIpc) is 2.42. The summed E-state index contributed by atoms with van der Waals surface area (Å²) in [7, 11) is 0. The molecule has 0 atom stereocenters. The SMILES string of the molecule is CCN(CC(=O)NC(C)(C)C)C(=O)CCc1ccc(C)cc1. The van der Waals surface area contributed by atoms with Crippen LogP contribution < -0.4 is 5.32 Å². The maximum atomic E-state index is 12.3. The number of aryl methyl sites for hydroxylation is 2. The molecule has 22 heavy (non-hydrogen) atoms. The van der Waals surface area contributed by atoms with E-state index in [-0.39, 0.29) is 23.9 Å². The average molecular weight is 304 g/mol. The first kappa shape index (κ1) is 18.2. The van der Waals surface area contributed by atoms with Crippen LogP contribution in [0.4, 0.5) is 0 Å². The van der Waals surface area contributed by atoms with Gasteiger partial charge in [-0.15, -0.1) is 0 Å². The van der Waals surface area contributed by atoms with Crippen LogP contribution in [0.15, 0.2) is 24.3 Å². The zero-order valence-corrected chi connectivity index (χ0v) is 14.4. The minimum Gasteiger partial charge on any atom is -0.350 e. The Hall–Kier alpha value is -1.84. The van der Waals surface area contributed by atoms with Gasteiger partial charge in [-0.25, -0.2) is 0 Å². The first-order valence-electron chi connectivity index (χ1n) is 7.85. The summed E-state index contributed by atoms with van der Waals surface area (Å²) < 4.78 is 0. The minimum atomic E-state index is -0.276. The van der Waals surface area contributed by atoms with Gasteiger partial charge in [-0.3, -0.25) is 9.59 Å². The molecule has 0 aliphatic heterocycles. The molecule has 1 N–H and O–H groups in total. The predicted molar refractivity (Wildman–Crippen MR) is 89.6 cm³/mol. The molecule has 4 heteroatoms. The summed E-state index contributed by atoms with van der Waals surface area (Å²) in [5.74, 6) is -0.0924. The fourth-order valence-corrected chi connectivity index (χ4v) is 2.17. The Labute approximate surface area is 133 Å². The zero-order valence-electron chi connectivity index (χ0n) is 14.4. The monoisotopic (exact) mass is 304 g/mol. The first-order chi connectivity index (χ1) is 10.2. The number of nitrogens with one attached hydrogen (secondary N) is 1. The van der Waals surface area contributed by atoms with Crippen molar-refractivity contribution in [3.05, 3.63) is 35.4 Å². The molecule has 0 aliphatic carbocycles. The molecule has 0 aliphatic rings. The van der Waals surface area contributed by atoms with Crippen molar-refractivity contribution in [2.24, 2.45) is 0 Å². The lowest BCUT2D eigenvalue weighted by atomic mass is 10.1. The molecular weight excluding hydrogens is 276 g/mol. The highest BCUT2D eigenvalue weighted by molar-refractivity contribution is 5.85. The fourth-order valence-electron chi connectivity index (χ4n) is 2.17. The number of rotatable bonds is 6. The van der Waals surface area contributed by atoms with Crippen LogP contribution in [0.25, 0.3) is 0 Å². The quantitative estimate of drug-likeness (QED) is 0.878. The number of likely N-dealkylation sites (N-methyl/N-ethyl adjacent to an activating group) is 1. The molecule has 0 fully saturated rings. The van der Waals surface area contributed by atoms with Gasteiger partial charge in [-0.05, 0) is 46.6 Å². The lowest BCUT2D eigenvalue weighted by molar-refractivity contribution is -0.136. The van der Waals surface area contributed by atoms with E-state index in [0.717, 1.165) is 5.56 Å². The molecule has 1 aromatic rings. The van der Waals surface area contributed by atoms with Gasteiger partial charge in [-0.1, -0.05) is 29.8 Å². The Balaban J connectivity index is 2.50. The highest BCUT2D eigenvalue weighted by Crippen LogP contribution is 2.07. The van der Waals surface area contributed by atoms with Crippen LogP contribution in [0.3, 0.4) is 0 Å². The van der Waals surface area contributed by atoms with Crippen LogP contribution in [0.5, 0.6) is 0 Å². The second kappa shape index (κ2) is 7.97. The van der Waals surface area contributed by atoms with Crippen molar-refractivity contribution in [3.63, 3.8) is 0 Å². The molecule has 1 aromatic carbocycles. The molecule has 0 saturated heterocycles. The summed E-state index contributed by atoms with van der Waals surface area (Å²) in [5.41, 5.74) is 2.08. The summed E-state index contributed by atoms with van der Waals surface area (Å²) in [6.07, 6.45) is 1.14. The van der Waals surface area contributed by atoms with E-state index < -0.39 is 0 Å². The first-order valence-corrected chi connectivity index (χ1v) is 7.85. The summed E-state index contributed by atoms with van der Waals surface area (Å²) in [4.78, 5) is 25.8. The van der Waals surface area contributed by atoms with E-state index in [0.29, 0.717) is 19.4 Å². The maximum Gasteiger partial charge on any atom is 0.240 e. The summed E-state index contributed by atoms with van der Waals surface area (Å²) in [5, 5.41) is 2.89. The van der Waals surface area contributed by atoms with E-state index in [1.165, 1.54) is 5.56 Å². The van der Waals surface area contributed by atoms with E-state index in [1.54, 1.807) is 4.90 Å². The zero-order chi connectivity index (χ0) is 16.8. The standard InChI is InChI=1S/C18H28N2O2/c1-6-20(13-16(21)19-18(3,4)5)17(22)12-11-15-9-7-14(2)8-10-15/h7-10H,6,11-13H2,1-5H3,(H,19,21).